The van der Waals surface area contributed by atoms with Gasteiger partial charge in [-0.1, -0.05) is 6.08 Å². The third-order valence-corrected chi connectivity index (χ3v) is 2.13. The molecule has 0 aliphatic heterocycles. The zero-order valence-corrected chi connectivity index (χ0v) is 11.9. The minimum Gasteiger partial charge on any atom is -0.458 e. The number of esters is 1. The van der Waals surface area contributed by atoms with Crippen molar-refractivity contribution < 1.29 is 19.2 Å². The summed E-state index contributed by atoms with van der Waals surface area (Å²) in [6, 6.07) is -0.750. The first-order valence-electron chi connectivity index (χ1n) is 6.25. The predicted molar refractivity (Wildman–Crippen MR) is 72.0 cm³/mol. The Morgan fingerprint density at radius 3 is 2.53 bits per heavy atom. The molecule has 0 aliphatic rings. The van der Waals surface area contributed by atoms with Crippen LogP contribution in [-0.4, -0.2) is 30.1 Å². The Bertz CT molecular complexity index is 310. The number of hydrogen-bond donors (Lipinski definition) is 2. The average molecular weight is 272 g/mol. The van der Waals surface area contributed by atoms with Crippen molar-refractivity contribution in [3.05, 3.63) is 12.7 Å². The fourth-order valence-electron chi connectivity index (χ4n) is 1.31. The first-order chi connectivity index (χ1) is 8.80. The lowest BCUT2D eigenvalue weighted by Gasteiger charge is -2.24. The largest absolute Gasteiger partial charge is 0.458 e. The molecule has 0 aromatic rings. The Morgan fingerprint density at radius 2 is 2.05 bits per heavy atom. The Hall–Kier alpha value is -1.40. The van der Waals surface area contributed by atoms with Gasteiger partial charge < -0.3 is 14.9 Å². The van der Waals surface area contributed by atoms with Gasteiger partial charge in [-0.3, -0.25) is 4.79 Å². The van der Waals surface area contributed by atoms with Crippen LogP contribution >= 0.6 is 0 Å². The van der Waals surface area contributed by atoms with E-state index in [-0.39, 0.29) is 25.4 Å². The molecule has 0 aromatic heterocycles. The van der Waals surface area contributed by atoms with E-state index in [0.717, 1.165) is 0 Å². The summed E-state index contributed by atoms with van der Waals surface area (Å²) in [5.41, 5.74) is -0.606. The SMILES string of the molecule is C=CCCC(=O)NC(CCON)C(=O)OC(C)(C)C. The predicted octanol–water partition coefficient (Wildman–Crippen LogP) is 1.06. The summed E-state index contributed by atoms with van der Waals surface area (Å²) in [5.74, 6) is 4.22. The van der Waals surface area contributed by atoms with E-state index in [0.29, 0.717) is 6.42 Å². The van der Waals surface area contributed by atoms with Gasteiger partial charge in [-0.15, -0.1) is 6.58 Å². The fraction of sp³-hybridized carbons (Fsp3) is 0.692. The van der Waals surface area contributed by atoms with E-state index in [1.165, 1.54) is 0 Å². The van der Waals surface area contributed by atoms with Gasteiger partial charge in [-0.2, -0.15) is 0 Å². The highest BCUT2D eigenvalue weighted by Crippen LogP contribution is 2.10. The minimum absolute atomic E-state index is 0.158. The third kappa shape index (κ3) is 9.21. The molecule has 1 atom stereocenters. The van der Waals surface area contributed by atoms with Gasteiger partial charge in [0.25, 0.3) is 0 Å². The maximum absolute atomic E-state index is 11.9. The lowest BCUT2D eigenvalue weighted by atomic mass is 10.1. The second-order valence-corrected chi connectivity index (χ2v) is 5.14. The summed E-state index contributed by atoms with van der Waals surface area (Å²) in [6.07, 6.45) is 2.75. The molecule has 0 saturated carbocycles. The third-order valence-electron chi connectivity index (χ3n) is 2.13. The van der Waals surface area contributed by atoms with E-state index in [4.69, 9.17) is 10.6 Å². The maximum Gasteiger partial charge on any atom is 0.329 e. The van der Waals surface area contributed by atoms with Crippen LogP contribution in [0.4, 0.5) is 0 Å². The topological polar surface area (TPSA) is 90.6 Å². The van der Waals surface area contributed by atoms with Gasteiger partial charge >= 0.3 is 5.97 Å². The van der Waals surface area contributed by atoms with Crippen LogP contribution in [0, 0.1) is 0 Å². The van der Waals surface area contributed by atoms with Crippen LogP contribution in [0.15, 0.2) is 12.7 Å². The molecule has 0 saturated heterocycles. The lowest BCUT2D eigenvalue weighted by molar-refractivity contribution is -0.159. The summed E-state index contributed by atoms with van der Waals surface area (Å²) in [7, 11) is 0. The van der Waals surface area contributed by atoms with Crippen molar-refractivity contribution in [1.29, 1.82) is 0 Å². The van der Waals surface area contributed by atoms with Gasteiger partial charge in [-0.25, -0.2) is 10.7 Å². The van der Waals surface area contributed by atoms with Crippen LogP contribution in [0.3, 0.4) is 0 Å². The molecule has 0 bridgehead atoms. The molecule has 0 radical (unpaired) electrons. The Balaban J connectivity index is 4.48. The normalized spacial score (nSPS) is 12.6. The number of ether oxygens (including phenoxy) is 1. The number of carbonyl (C=O) groups is 2. The van der Waals surface area contributed by atoms with Crippen LogP contribution in [0.25, 0.3) is 0 Å². The molecule has 110 valence electrons. The standard InChI is InChI=1S/C13H24N2O4/c1-5-6-7-11(16)15-10(8-9-18-14)12(17)19-13(2,3)4/h5,10H,1,6-9,14H2,2-4H3,(H,15,16). The number of rotatable bonds is 8. The van der Waals surface area contributed by atoms with Crippen LogP contribution < -0.4 is 11.2 Å². The summed E-state index contributed by atoms with van der Waals surface area (Å²) in [5, 5.41) is 2.61. The van der Waals surface area contributed by atoms with Gasteiger partial charge in [0, 0.05) is 12.8 Å². The second-order valence-electron chi connectivity index (χ2n) is 5.14. The molecule has 0 fully saturated rings. The van der Waals surface area contributed by atoms with Crippen LogP contribution in [-0.2, 0) is 19.2 Å². The molecule has 0 aromatic carbocycles. The van der Waals surface area contributed by atoms with E-state index < -0.39 is 17.6 Å². The Labute approximate surface area is 114 Å². The molecule has 1 amide bonds. The van der Waals surface area contributed by atoms with Gasteiger partial charge in [0.05, 0.1) is 6.61 Å². The molecular formula is C13H24N2O4. The summed E-state index contributed by atoms with van der Waals surface area (Å²) < 4.78 is 5.23. The van der Waals surface area contributed by atoms with Crippen molar-refractivity contribution in [1.82, 2.24) is 5.32 Å². The van der Waals surface area contributed by atoms with E-state index in [9.17, 15) is 9.59 Å². The van der Waals surface area contributed by atoms with Crippen molar-refractivity contribution >= 4 is 11.9 Å². The van der Waals surface area contributed by atoms with Crippen LogP contribution in [0.2, 0.25) is 0 Å². The fourth-order valence-corrected chi connectivity index (χ4v) is 1.31. The molecule has 0 heterocycles. The zero-order chi connectivity index (χ0) is 14.9. The van der Waals surface area contributed by atoms with Gasteiger partial charge in [0.1, 0.15) is 11.6 Å². The number of allylic oxidation sites excluding steroid dienone is 1. The van der Waals surface area contributed by atoms with E-state index in [1.807, 2.05) is 0 Å². The van der Waals surface area contributed by atoms with Gasteiger partial charge in [0.2, 0.25) is 5.91 Å². The van der Waals surface area contributed by atoms with Crippen LogP contribution in [0.5, 0.6) is 0 Å². The first kappa shape index (κ1) is 17.6. The van der Waals surface area contributed by atoms with E-state index in [2.05, 4.69) is 16.7 Å². The highest BCUT2D eigenvalue weighted by Gasteiger charge is 2.26. The van der Waals surface area contributed by atoms with Crippen molar-refractivity contribution in [2.45, 2.75) is 51.7 Å². The summed E-state index contributed by atoms with van der Waals surface area (Å²) in [4.78, 5) is 28.0. The quantitative estimate of drug-likeness (QED) is 0.392. The number of amides is 1. The van der Waals surface area contributed by atoms with Crippen molar-refractivity contribution in [2.24, 2.45) is 5.90 Å². The Morgan fingerprint density at radius 1 is 1.42 bits per heavy atom. The maximum atomic E-state index is 11.9. The number of nitrogens with two attached hydrogens (primary N) is 1. The molecule has 3 N–H and O–H groups in total. The first-order valence-corrected chi connectivity index (χ1v) is 6.25. The highest BCUT2D eigenvalue weighted by molar-refractivity contribution is 5.84. The lowest BCUT2D eigenvalue weighted by Crippen LogP contribution is -2.44. The van der Waals surface area contributed by atoms with E-state index in [1.54, 1.807) is 26.8 Å². The van der Waals surface area contributed by atoms with Crippen molar-refractivity contribution in [2.75, 3.05) is 6.61 Å². The average Bonchev–Trinajstić information content (AvgIpc) is 2.29. The monoisotopic (exact) mass is 272 g/mol. The number of carbonyl (C=O) groups excluding carboxylic acids is 2. The molecule has 0 rings (SSSR count). The molecular weight excluding hydrogens is 248 g/mol. The van der Waals surface area contributed by atoms with E-state index >= 15 is 0 Å². The molecule has 6 nitrogen and oxygen atoms in total. The Kier molecular flexibility index (Phi) is 8.02. The second kappa shape index (κ2) is 8.66. The molecule has 0 spiro atoms. The number of nitrogens with one attached hydrogen (secondary N) is 1. The molecule has 6 heteroatoms. The smallest absolute Gasteiger partial charge is 0.329 e. The summed E-state index contributed by atoms with van der Waals surface area (Å²) >= 11 is 0. The molecule has 0 aliphatic carbocycles. The van der Waals surface area contributed by atoms with Crippen LogP contribution in [0.1, 0.15) is 40.0 Å². The molecule has 19 heavy (non-hydrogen) atoms. The zero-order valence-electron chi connectivity index (χ0n) is 11.9. The number of hydrogen-bond acceptors (Lipinski definition) is 5. The highest BCUT2D eigenvalue weighted by atomic mass is 16.6. The van der Waals surface area contributed by atoms with Gasteiger partial charge in [-0.05, 0) is 27.2 Å². The molecule has 1 unspecified atom stereocenters. The van der Waals surface area contributed by atoms with Gasteiger partial charge in [0.15, 0.2) is 0 Å². The summed E-state index contributed by atoms with van der Waals surface area (Å²) in [6.45, 7) is 8.99. The minimum atomic E-state index is -0.750. The van der Waals surface area contributed by atoms with Crippen molar-refractivity contribution in [3.63, 3.8) is 0 Å². The van der Waals surface area contributed by atoms with Crippen molar-refractivity contribution in [3.8, 4) is 0 Å².